The summed E-state index contributed by atoms with van der Waals surface area (Å²) in [7, 11) is 0. The molecule has 2 unspecified atom stereocenters. The molecule has 0 amide bonds. The first-order valence-electron chi connectivity index (χ1n) is 5.66. The second-order valence-electron chi connectivity index (χ2n) is 4.69. The smallest absolute Gasteiger partial charge is 0.146 e. The van der Waals surface area contributed by atoms with Crippen LogP contribution in [0.3, 0.4) is 0 Å². The summed E-state index contributed by atoms with van der Waals surface area (Å²) < 4.78 is 0. The fraction of sp³-hybridized carbons (Fsp3) is 0.636. The minimum Gasteiger partial charge on any atom is -0.382 e. The highest BCUT2D eigenvalue weighted by molar-refractivity contribution is 5.27. The Bertz CT molecular complexity index is 336. The van der Waals surface area contributed by atoms with Crippen molar-refractivity contribution >= 4 is 5.82 Å². The van der Waals surface area contributed by atoms with Crippen LogP contribution in [0.1, 0.15) is 37.3 Å². The third-order valence-electron chi connectivity index (χ3n) is 3.60. The Morgan fingerprint density at radius 3 is 2.47 bits per heavy atom. The average molecular weight is 204 g/mol. The molecule has 2 saturated heterocycles. The lowest BCUT2D eigenvalue weighted by Gasteiger charge is -2.28. The Morgan fingerprint density at radius 2 is 1.87 bits per heavy atom. The van der Waals surface area contributed by atoms with Crippen molar-refractivity contribution in [1.29, 1.82) is 0 Å². The van der Waals surface area contributed by atoms with E-state index in [1.807, 2.05) is 12.1 Å². The highest BCUT2D eigenvalue weighted by Gasteiger charge is 2.34. The lowest BCUT2D eigenvalue weighted by molar-refractivity contribution is 0.357. The number of nitrogen functional groups attached to an aromatic ring is 1. The van der Waals surface area contributed by atoms with Crippen molar-refractivity contribution in [3.63, 3.8) is 0 Å². The van der Waals surface area contributed by atoms with Crippen molar-refractivity contribution in [3.05, 3.63) is 17.8 Å². The molecular formula is C11H16N4. The van der Waals surface area contributed by atoms with Crippen molar-refractivity contribution in [2.45, 2.75) is 43.7 Å². The molecule has 2 aliphatic rings. The van der Waals surface area contributed by atoms with Crippen LogP contribution < -0.4 is 11.1 Å². The van der Waals surface area contributed by atoms with E-state index in [0.29, 0.717) is 23.8 Å². The van der Waals surface area contributed by atoms with Crippen LogP contribution in [0.25, 0.3) is 0 Å². The van der Waals surface area contributed by atoms with Crippen LogP contribution >= 0.6 is 0 Å². The maximum atomic E-state index is 5.54. The molecule has 0 saturated carbocycles. The molecule has 2 fully saturated rings. The van der Waals surface area contributed by atoms with Gasteiger partial charge in [-0.15, -0.1) is 5.10 Å². The van der Waals surface area contributed by atoms with Gasteiger partial charge >= 0.3 is 0 Å². The van der Waals surface area contributed by atoms with Gasteiger partial charge in [-0.2, -0.15) is 5.10 Å². The predicted octanol–water partition coefficient (Wildman–Crippen LogP) is 1.06. The fourth-order valence-electron chi connectivity index (χ4n) is 2.87. The van der Waals surface area contributed by atoms with Crippen LogP contribution in [0, 0.1) is 0 Å². The van der Waals surface area contributed by atoms with Gasteiger partial charge in [-0.05, 0) is 37.8 Å². The SMILES string of the molecule is Nc1ccc(C2CC3CCC(C2)N3)nn1. The van der Waals surface area contributed by atoms with Crippen LogP contribution in [0.2, 0.25) is 0 Å². The number of rotatable bonds is 1. The zero-order chi connectivity index (χ0) is 10.3. The molecule has 1 aromatic rings. The van der Waals surface area contributed by atoms with Crippen molar-refractivity contribution < 1.29 is 0 Å². The molecule has 3 heterocycles. The molecule has 4 nitrogen and oxygen atoms in total. The lowest BCUT2D eigenvalue weighted by atomic mass is 9.89. The average Bonchev–Trinajstić information content (AvgIpc) is 2.59. The van der Waals surface area contributed by atoms with E-state index in [4.69, 9.17) is 5.73 Å². The summed E-state index contributed by atoms with van der Waals surface area (Å²) in [6, 6.07) is 5.28. The monoisotopic (exact) mass is 204 g/mol. The number of hydrogen-bond acceptors (Lipinski definition) is 4. The highest BCUT2D eigenvalue weighted by Crippen LogP contribution is 2.36. The first kappa shape index (κ1) is 9.09. The summed E-state index contributed by atoms with van der Waals surface area (Å²) in [5.41, 5.74) is 6.65. The molecule has 3 N–H and O–H groups in total. The third kappa shape index (κ3) is 1.69. The van der Waals surface area contributed by atoms with Gasteiger partial charge in [0.2, 0.25) is 0 Å². The molecule has 1 aromatic heterocycles. The van der Waals surface area contributed by atoms with E-state index in [-0.39, 0.29) is 0 Å². The minimum absolute atomic E-state index is 0.510. The van der Waals surface area contributed by atoms with Gasteiger partial charge < -0.3 is 11.1 Å². The van der Waals surface area contributed by atoms with Gasteiger partial charge in [0.1, 0.15) is 5.82 Å². The number of nitrogens with two attached hydrogens (primary N) is 1. The fourth-order valence-corrected chi connectivity index (χ4v) is 2.87. The Kier molecular flexibility index (Phi) is 2.09. The van der Waals surface area contributed by atoms with Gasteiger partial charge in [-0.1, -0.05) is 0 Å². The summed E-state index contributed by atoms with van der Waals surface area (Å²) >= 11 is 0. The van der Waals surface area contributed by atoms with Crippen molar-refractivity contribution in [3.8, 4) is 0 Å². The maximum Gasteiger partial charge on any atom is 0.146 e. The van der Waals surface area contributed by atoms with E-state index in [0.717, 1.165) is 5.69 Å². The number of nitrogens with one attached hydrogen (secondary N) is 1. The number of aromatic nitrogens is 2. The summed E-state index contributed by atoms with van der Waals surface area (Å²) in [5, 5.41) is 11.8. The highest BCUT2D eigenvalue weighted by atomic mass is 15.1. The molecule has 0 aliphatic carbocycles. The van der Waals surface area contributed by atoms with Crippen molar-refractivity contribution in [1.82, 2.24) is 15.5 Å². The van der Waals surface area contributed by atoms with Gasteiger partial charge in [-0.25, -0.2) is 0 Å². The number of fused-ring (bicyclic) bond motifs is 2. The molecule has 2 atom stereocenters. The summed E-state index contributed by atoms with van der Waals surface area (Å²) in [5.74, 6) is 1.09. The molecule has 80 valence electrons. The zero-order valence-corrected chi connectivity index (χ0v) is 8.69. The van der Waals surface area contributed by atoms with Gasteiger partial charge in [0, 0.05) is 18.0 Å². The van der Waals surface area contributed by atoms with Gasteiger partial charge in [0.15, 0.2) is 0 Å². The van der Waals surface area contributed by atoms with Gasteiger partial charge in [-0.3, -0.25) is 0 Å². The van der Waals surface area contributed by atoms with E-state index in [9.17, 15) is 0 Å². The second kappa shape index (κ2) is 3.45. The van der Waals surface area contributed by atoms with E-state index in [1.54, 1.807) is 0 Å². The zero-order valence-electron chi connectivity index (χ0n) is 8.69. The van der Waals surface area contributed by atoms with E-state index < -0.39 is 0 Å². The van der Waals surface area contributed by atoms with Crippen molar-refractivity contribution in [2.24, 2.45) is 0 Å². The Balaban J connectivity index is 1.80. The van der Waals surface area contributed by atoms with Gasteiger partial charge in [0.05, 0.1) is 5.69 Å². The van der Waals surface area contributed by atoms with Crippen LogP contribution in [-0.4, -0.2) is 22.3 Å². The van der Waals surface area contributed by atoms with Crippen LogP contribution in [0.5, 0.6) is 0 Å². The predicted molar refractivity (Wildman–Crippen MR) is 58.4 cm³/mol. The quantitative estimate of drug-likeness (QED) is 0.718. The largest absolute Gasteiger partial charge is 0.382 e. The van der Waals surface area contributed by atoms with Crippen LogP contribution in [0.4, 0.5) is 5.82 Å². The molecule has 2 aliphatic heterocycles. The van der Waals surface area contributed by atoms with Crippen LogP contribution in [0.15, 0.2) is 12.1 Å². The Hall–Kier alpha value is -1.16. The number of anilines is 1. The summed E-state index contributed by atoms with van der Waals surface area (Å²) in [4.78, 5) is 0. The number of hydrogen-bond donors (Lipinski definition) is 2. The van der Waals surface area contributed by atoms with E-state index in [1.165, 1.54) is 25.7 Å². The van der Waals surface area contributed by atoms with E-state index >= 15 is 0 Å². The second-order valence-corrected chi connectivity index (χ2v) is 4.69. The Morgan fingerprint density at radius 1 is 1.13 bits per heavy atom. The molecule has 0 spiro atoms. The molecule has 0 radical (unpaired) electrons. The first-order chi connectivity index (χ1) is 7.31. The minimum atomic E-state index is 0.510. The van der Waals surface area contributed by atoms with E-state index in [2.05, 4.69) is 15.5 Å². The summed E-state index contributed by atoms with van der Waals surface area (Å²) in [6.45, 7) is 0. The topological polar surface area (TPSA) is 63.8 Å². The van der Waals surface area contributed by atoms with Gasteiger partial charge in [0.25, 0.3) is 0 Å². The normalized spacial score (nSPS) is 34.3. The molecule has 3 rings (SSSR count). The third-order valence-corrected chi connectivity index (χ3v) is 3.60. The molecule has 0 aromatic carbocycles. The standard InChI is InChI=1S/C11H16N4/c12-11-4-3-10(14-15-11)7-5-8-1-2-9(6-7)13-8/h3-4,7-9,13H,1-2,5-6H2,(H2,12,15). The Labute approximate surface area is 89.3 Å². The molecular weight excluding hydrogens is 188 g/mol. The first-order valence-corrected chi connectivity index (χ1v) is 5.66. The van der Waals surface area contributed by atoms with Crippen LogP contribution in [-0.2, 0) is 0 Å². The molecule has 4 heteroatoms. The van der Waals surface area contributed by atoms with Crippen molar-refractivity contribution in [2.75, 3.05) is 5.73 Å². The maximum absolute atomic E-state index is 5.54. The summed E-state index contributed by atoms with van der Waals surface area (Å²) in [6.07, 6.45) is 5.05. The lowest BCUT2D eigenvalue weighted by Crippen LogP contribution is -2.37. The number of nitrogens with zero attached hydrogens (tertiary/aromatic N) is 2. The number of piperidine rings is 1. The molecule has 15 heavy (non-hydrogen) atoms. The molecule has 2 bridgehead atoms.